The lowest BCUT2D eigenvalue weighted by Gasteiger charge is -2.21. The van der Waals surface area contributed by atoms with Gasteiger partial charge >= 0.3 is 0 Å². The van der Waals surface area contributed by atoms with Crippen molar-refractivity contribution < 1.29 is 9.90 Å². The number of pyridine rings is 2. The van der Waals surface area contributed by atoms with Gasteiger partial charge in [-0.15, -0.1) is 0 Å². The van der Waals surface area contributed by atoms with Crippen molar-refractivity contribution in [1.82, 2.24) is 20.6 Å². The maximum Gasteiger partial charge on any atom is 0.274 e. The van der Waals surface area contributed by atoms with Gasteiger partial charge in [0.15, 0.2) is 5.69 Å². The number of fused-ring (bicyclic) bond motifs is 1. The molecule has 0 unspecified atom stereocenters. The summed E-state index contributed by atoms with van der Waals surface area (Å²) >= 11 is 0. The summed E-state index contributed by atoms with van der Waals surface area (Å²) in [6.45, 7) is 4.07. The molecule has 0 aromatic carbocycles. The van der Waals surface area contributed by atoms with Crippen LogP contribution in [-0.4, -0.2) is 27.5 Å². The summed E-state index contributed by atoms with van der Waals surface area (Å²) < 4.78 is 0. The fourth-order valence-electron chi connectivity index (χ4n) is 2.70. The molecular formula is C16H18N4O2. The van der Waals surface area contributed by atoms with Gasteiger partial charge in [-0.2, -0.15) is 0 Å². The molecule has 1 amide bonds. The molecule has 1 aliphatic rings. The van der Waals surface area contributed by atoms with Crippen LogP contribution in [0, 0.1) is 6.92 Å². The van der Waals surface area contributed by atoms with Crippen molar-refractivity contribution in [3.05, 3.63) is 52.6 Å². The van der Waals surface area contributed by atoms with E-state index in [1.165, 1.54) is 23.4 Å². The standard InChI is InChI=1S/C16H18N4O2/c1-10-13(12-4-6-17-7-11(12)8-19-10)9-20-16(22)15-14(21)3-2-5-18-15/h2-3,5,8,17,21H,4,6-7,9H2,1H3,(H,20,22). The van der Waals surface area contributed by atoms with Gasteiger partial charge in [0.1, 0.15) is 5.75 Å². The van der Waals surface area contributed by atoms with Crippen LogP contribution in [0.5, 0.6) is 5.75 Å². The minimum absolute atomic E-state index is 0.0413. The molecule has 2 aromatic heterocycles. The minimum Gasteiger partial charge on any atom is -0.505 e. The van der Waals surface area contributed by atoms with Crippen molar-refractivity contribution in [1.29, 1.82) is 0 Å². The Bertz CT molecular complexity index is 715. The summed E-state index contributed by atoms with van der Waals surface area (Å²) in [6, 6.07) is 3.03. The van der Waals surface area contributed by atoms with E-state index in [2.05, 4.69) is 20.6 Å². The summed E-state index contributed by atoms with van der Waals surface area (Å²) in [7, 11) is 0. The van der Waals surface area contributed by atoms with Crippen LogP contribution in [0.1, 0.15) is 32.9 Å². The van der Waals surface area contributed by atoms with Crippen LogP contribution in [-0.2, 0) is 19.5 Å². The first-order valence-electron chi connectivity index (χ1n) is 7.26. The Morgan fingerprint density at radius 3 is 3.14 bits per heavy atom. The highest BCUT2D eigenvalue weighted by molar-refractivity contribution is 5.94. The number of aryl methyl sites for hydroxylation is 1. The van der Waals surface area contributed by atoms with Gasteiger partial charge < -0.3 is 15.7 Å². The predicted molar refractivity (Wildman–Crippen MR) is 81.5 cm³/mol. The van der Waals surface area contributed by atoms with Crippen LogP contribution in [0.25, 0.3) is 0 Å². The zero-order valence-corrected chi connectivity index (χ0v) is 12.4. The third-order valence-electron chi connectivity index (χ3n) is 3.90. The topological polar surface area (TPSA) is 87.1 Å². The van der Waals surface area contributed by atoms with Crippen molar-refractivity contribution in [3.63, 3.8) is 0 Å². The van der Waals surface area contributed by atoms with Crippen molar-refractivity contribution in [2.75, 3.05) is 6.54 Å². The van der Waals surface area contributed by atoms with Gasteiger partial charge in [0.2, 0.25) is 0 Å². The Labute approximate surface area is 128 Å². The molecule has 114 valence electrons. The molecule has 22 heavy (non-hydrogen) atoms. The first-order valence-corrected chi connectivity index (χ1v) is 7.26. The normalized spacial score (nSPS) is 13.5. The molecule has 0 atom stereocenters. The Morgan fingerprint density at radius 2 is 2.32 bits per heavy atom. The van der Waals surface area contributed by atoms with Gasteiger partial charge in [-0.25, -0.2) is 4.98 Å². The molecule has 1 aliphatic heterocycles. The van der Waals surface area contributed by atoms with Gasteiger partial charge in [-0.05, 0) is 48.7 Å². The fraction of sp³-hybridized carbons (Fsp3) is 0.312. The van der Waals surface area contributed by atoms with Crippen molar-refractivity contribution in [3.8, 4) is 5.75 Å². The average molecular weight is 298 g/mol. The number of rotatable bonds is 3. The Morgan fingerprint density at radius 1 is 1.45 bits per heavy atom. The van der Waals surface area contributed by atoms with E-state index in [0.717, 1.165) is 30.8 Å². The average Bonchev–Trinajstić information content (AvgIpc) is 2.54. The number of carbonyl (C=O) groups excluding carboxylic acids is 1. The van der Waals surface area contributed by atoms with Gasteiger partial charge in [-0.3, -0.25) is 9.78 Å². The van der Waals surface area contributed by atoms with E-state index in [9.17, 15) is 9.90 Å². The first-order chi connectivity index (χ1) is 10.7. The Balaban J connectivity index is 1.80. The summed E-state index contributed by atoms with van der Waals surface area (Å²) in [6.07, 6.45) is 4.31. The Kier molecular flexibility index (Phi) is 4.02. The summed E-state index contributed by atoms with van der Waals surface area (Å²) in [5, 5.41) is 15.8. The highest BCUT2D eigenvalue weighted by Crippen LogP contribution is 2.20. The van der Waals surface area contributed by atoms with Gasteiger partial charge in [0.05, 0.1) is 0 Å². The van der Waals surface area contributed by atoms with Gasteiger partial charge in [-0.1, -0.05) is 0 Å². The minimum atomic E-state index is -0.385. The quantitative estimate of drug-likeness (QED) is 0.789. The van der Waals surface area contributed by atoms with Crippen molar-refractivity contribution >= 4 is 5.91 Å². The van der Waals surface area contributed by atoms with E-state index < -0.39 is 0 Å². The number of aromatic nitrogens is 2. The molecule has 0 radical (unpaired) electrons. The molecule has 6 heteroatoms. The van der Waals surface area contributed by atoms with E-state index in [4.69, 9.17) is 0 Å². The summed E-state index contributed by atoms with van der Waals surface area (Å²) in [5.74, 6) is -0.502. The molecule has 6 nitrogen and oxygen atoms in total. The molecule has 3 heterocycles. The lowest BCUT2D eigenvalue weighted by Crippen LogP contribution is -2.29. The van der Waals surface area contributed by atoms with E-state index in [0.29, 0.717) is 6.54 Å². The van der Waals surface area contributed by atoms with E-state index in [1.54, 1.807) is 6.07 Å². The van der Waals surface area contributed by atoms with Crippen molar-refractivity contribution in [2.24, 2.45) is 0 Å². The third-order valence-corrected chi connectivity index (χ3v) is 3.90. The number of amides is 1. The SMILES string of the molecule is Cc1ncc2c(c1CNC(=O)c1ncccc1O)CCNC2. The summed E-state index contributed by atoms with van der Waals surface area (Å²) in [4.78, 5) is 20.5. The van der Waals surface area contributed by atoms with E-state index in [1.807, 2.05) is 13.1 Å². The third kappa shape index (κ3) is 2.78. The number of hydrogen-bond donors (Lipinski definition) is 3. The second kappa shape index (κ2) is 6.11. The van der Waals surface area contributed by atoms with Crippen molar-refractivity contribution in [2.45, 2.75) is 26.4 Å². The fourth-order valence-corrected chi connectivity index (χ4v) is 2.70. The maximum absolute atomic E-state index is 12.2. The molecule has 3 N–H and O–H groups in total. The van der Waals surface area contributed by atoms with E-state index >= 15 is 0 Å². The smallest absolute Gasteiger partial charge is 0.274 e. The monoisotopic (exact) mass is 298 g/mol. The van der Waals surface area contributed by atoms with E-state index in [-0.39, 0.29) is 17.4 Å². The number of carbonyl (C=O) groups is 1. The zero-order chi connectivity index (χ0) is 15.5. The highest BCUT2D eigenvalue weighted by atomic mass is 16.3. The molecule has 0 spiro atoms. The lowest BCUT2D eigenvalue weighted by molar-refractivity contribution is 0.0943. The lowest BCUT2D eigenvalue weighted by atomic mass is 9.96. The zero-order valence-electron chi connectivity index (χ0n) is 12.4. The van der Waals surface area contributed by atoms with Crippen LogP contribution in [0.2, 0.25) is 0 Å². The second-order valence-electron chi connectivity index (χ2n) is 5.31. The van der Waals surface area contributed by atoms with Crippen LogP contribution >= 0.6 is 0 Å². The van der Waals surface area contributed by atoms with Crippen LogP contribution < -0.4 is 10.6 Å². The number of aromatic hydroxyl groups is 1. The number of hydrogen-bond acceptors (Lipinski definition) is 5. The highest BCUT2D eigenvalue weighted by Gasteiger charge is 2.17. The Hall–Kier alpha value is -2.47. The van der Waals surface area contributed by atoms with Crippen LogP contribution in [0.4, 0.5) is 0 Å². The molecule has 2 aromatic rings. The molecular weight excluding hydrogens is 280 g/mol. The largest absolute Gasteiger partial charge is 0.505 e. The molecule has 0 aliphatic carbocycles. The molecule has 0 fully saturated rings. The molecule has 3 rings (SSSR count). The van der Waals surface area contributed by atoms with Gasteiger partial charge in [0, 0.05) is 31.2 Å². The molecule has 0 bridgehead atoms. The first kappa shape index (κ1) is 14.5. The predicted octanol–water partition coefficient (Wildman–Crippen LogP) is 1.07. The summed E-state index contributed by atoms with van der Waals surface area (Å²) in [5.41, 5.74) is 4.46. The second-order valence-corrected chi connectivity index (χ2v) is 5.31. The van der Waals surface area contributed by atoms with Crippen LogP contribution in [0.3, 0.4) is 0 Å². The number of nitrogens with zero attached hydrogens (tertiary/aromatic N) is 2. The van der Waals surface area contributed by atoms with Gasteiger partial charge in [0.25, 0.3) is 5.91 Å². The van der Waals surface area contributed by atoms with Crippen LogP contribution in [0.15, 0.2) is 24.5 Å². The molecule has 0 saturated carbocycles. The number of nitrogens with one attached hydrogen (secondary N) is 2. The maximum atomic E-state index is 12.2. The molecule has 0 saturated heterocycles.